The van der Waals surface area contributed by atoms with Gasteiger partial charge in [-0.25, -0.2) is 0 Å². The van der Waals surface area contributed by atoms with E-state index in [1.165, 1.54) is 6.07 Å². The minimum atomic E-state index is -4.35. The minimum absolute atomic E-state index is 0.111. The van der Waals surface area contributed by atoms with Gasteiger partial charge in [-0.2, -0.15) is 13.2 Å². The number of aryl methyl sites for hydroxylation is 1. The van der Waals surface area contributed by atoms with Crippen LogP contribution in [-0.4, -0.2) is 17.3 Å². The summed E-state index contributed by atoms with van der Waals surface area (Å²) in [6, 6.07) is 3.69. The Morgan fingerprint density at radius 1 is 1.32 bits per heavy atom. The number of hydrogen-bond donors (Lipinski definition) is 2. The van der Waals surface area contributed by atoms with Crippen molar-refractivity contribution in [3.8, 4) is 0 Å². The van der Waals surface area contributed by atoms with Crippen LogP contribution in [0, 0.1) is 0 Å². The lowest BCUT2D eigenvalue weighted by Gasteiger charge is -2.21. The zero-order valence-corrected chi connectivity index (χ0v) is 13.6. The van der Waals surface area contributed by atoms with E-state index < -0.39 is 17.3 Å². The van der Waals surface area contributed by atoms with Crippen LogP contribution in [0.3, 0.4) is 0 Å². The molecule has 0 saturated carbocycles. The molecule has 0 aliphatic carbocycles. The van der Waals surface area contributed by atoms with Gasteiger partial charge in [0.05, 0.1) is 16.5 Å². The summed E-state index contributed by atoms with van der Waals surface area (Å²) in [5.74, 6) is 0. The second kappa shape index (κ2) is 6.35. The van der Waals surface area contributed by atoms with Gasteiger partial charge in [0.25, 0.3) is 0 Å². The van der Waals surface area contributed by atoms with Crippen LogP contribution < -0.4 is 5.73 Å². The van der Waals surface area contributed by atoms with Crippen molar-refractivity contribution in [2.75, 3.05) is 6.61 Å². The highest BCUT2D eigenvalue weighted by molar-refractivity contribution is 7.22. The monoisotopic (exact) mass is 351 g/mol. The maximum absolute atomic E-state index is 12.7. The molecular formula is C15H17ClF3NOS. The van der Waals surface area contributed by atoms with Gasteiger partial charge in [0.1, 0.15) is 0 Å². The molecule has 0 bridgehead atoms. The second-order valence-corrected chi connectivity index (χ2v) is 7.38. The number of alkyl halides is 3. The van der Waals surface area contributed by atoms with Crippen LogP contribution in [0.4, 0.5) is 13.2 Å². The maximum atomic E-state index is 12.7. The molecule has 1 heterocycles. The second-order valence-electron chi connectivity index (χ2n) is 5.73. The Bertz CT molecular complexity index is 667. The van der Waals surface area contributed by atoms with Gasteiger partial charge in [-0.05, 0) is 49.3 Å². The SMILES string of the molecule is CC(N)(CO)CCCc1c(Cl)sc2cc(C(F)(F)F)ccc12. The zero-order chi connectivity index (χ0) is 16.5. The first kappa shape index (κ1) is 17.5. The third-order valence-corrected chi connectivity index (χ3v) is 5.05. The molecule has 22 heavy (non-hydrogen) atoms. The summed E-state index contributed by atoms with van der Waals surface area (Å²) in [5, 5.41) is 9.88. The van der Waals surface area contributed by atoms with Crippen molar-refractivity contribution in [2.24, 2.45) is 5.73 Å². The first-order valence-electron chi connectivity index (χ1n) is 6.82. The lowest BCUT2D eigenvalue weighted by molar-refractivity contribution is -0.137. The number of rotatable bonds is 5. The first-order chi connectivity index (χ1) is 10.1. The average molecular weight is 352 g/mol. The predicted molar refractivity (Wildman–Crippen MR) is 84.5 cm³/mol. The number of halogens is 4. The van der Waals surface area contributed by atoms with Crippen molar-refractivity contribution in [1.29, 1.82) is 0 Å². The summed E-state index contributed by atoms with van der Waals surface area (Å²) in [6.07, 6.45) is -2.41. The van der Waals surface area contributed by atoms with Crippen molar-refractivity contribution >= 4 is 33.0 Å². The highest BCUT2D eigenvalue weighted by atomic mass is 35.5. The van der Waals surface area contributed by atoms with Gasteiger partial charge in [-0.3, -0.25) is 0 Å². The molecule has 1 aromatic carbocycles. The van der Waals surface area contributed by atoms with E-state index in [4.69, 9.17) is 22.4 Å². The number of hydrogen-bond acceptors (Lipinski definition) is 3. The van der Waals surface area contributed by atoms with Crippen LogP contribution in [-0.2, 0) is 12.6 Å². The molecule has 0 spiro atoms. The highest BCUT2D eigenvalue weighted by Gasteiger charge is 2.31. The summed E-state index contributed by atoms with van der Waals surface area (Å²) < 4.78 is 39.2. The van der Waals surface area contributed by atoms with E-state index in [0.717, 1.165) is 34.4 Å². The van der Waals surface area contributed by atoms with E-state index in [9.17, 15) is 13.2 Å². The van der Waals surface area contributed by atoms with Crippen molar-refractivity contribution in [3.63, 3.8) is 0 Å². The van der Waals surface area contributed by atoms with Crippen molar-refractivity contribution < 1.29 is 18.3 Å². The molecule has 7 heteroatoms. The molecule has 0 aliphatic heterocycles. The van der Waals surface area contributed by atoms with Crippen LogP contribution in [0.2, 0.25) is 4.34 Å². The van der Waals surface area contributed by atoms with E-state index in [-0.39, 0.29) is 6.61 Å². The molecule has 0 radical (unpaired) electrons. The summed E-state index contributed by atoms with van der Waals surface area (Å²) in [4.78, 5) is 0. The van der Waals surface area contributed by atoms with E-state index in [1.807, 2.05) is 0 Å². The van der Waals surface area contributed by atoms with Gasteiger partial charge in [0.2, 0.25) is 0 Å². The van der Waals surface area contributed by atoms with Gasteiger partial charge in [-0.1, -0.05) is 17.7 Å². The van der Waals surface area contributed by atoms with Crippen LogP contribution in [0.25, 0.3) is 10.1 Å². The predicted octanol–water partition coefficient (Wildman–Crippen LogP) is 4.61. The highest BCUT2D eigenvalue weighted by Crippen LogP contribution is 2.39. The number of aliphatic hydroxyl groups is 1. The fourth-order valence-electron chi connectivity index (χ4n) is 2.28. The fourth-order valence-corrected chi connectivity index (χ4v) is 3.74. The Hall–Kier alpha value is -0.820. The van der Waals surface area contributed by atoms with E-state index >= 15 is 0 Å². The molecule has 2 rings (SSSR count). The summed E-state index contributed by atoms with van der Waals surface area (Å²) in [7, 11) is 0. The number of thiophene rings is 1. The number of fused-ring (bicyclic) bond motifs is 1. The topological polar surface area (TPSA) is 46.2 Å². The maximum Gasteiger partial charge on any atom is 0.416 e. The molecule has 2 nitrogen and oxygen atoms in total. The Balaban J connectivity index is 2.22. The molecule has 0 fully saturated rings. The first-order valence-corrected chi connectivity index (χ1v) is 8.01. The Morgan fingerprint density at radius 3 is 2.59 bits per heavy atom. The van der Waals surface area contributed by atoms with Crippen molar-refractivity contribution in [1.82, 2.24) is 0 Å². The summed E-state index contributed by atoms with van der Waals surface area (Å²) in [6.45, 7) is 1.65. The molecular weight excluding hydrogens is 335 g/mol. The molecule has 0 aliphatic rings. The fraction of sp³-hybridized carbons (Fsp3) is 0.467. The smallest absolute Gasteiger partial charge is 0.394 e. The van der Waals surface area contributed by atoms with E-state index in [0.29, 0.717) is 28.3 Å². The van der Waals surface area contributed by atoms with E-state index in [1.54, 1.807) is 6.92 Å². The largest absolute Gasteiger partial charge is 0.416 e. The zero-order valence-electron chi connectivity index (χ0n) is 12.0. The lowest BCUT2D eigenvalue weighted by Crippen LogP contribution is -2.40. The third-order valence-electron chi connectivity index (χ3n) is 3.61. The Labute approximate surface area is 135 Å². The summed E-state index contributed by atoms with van der Waals surface area (Å²) >= 11 is 7.33. The number of aliphatic hydroxyl groups excluding tert-OH is 1. The number of benzene rings is 1. The quantitative estimate of drug-likeness (QED) is 0.826. The molecule has 122 valence electrons. The molecule has 1 unspecified atom stereocenters. The van der Waals surface area contributed by atoms with Crippen LogP contribution in [0.1, 0.15) is 30.9 Å². The van der Waals surface area contributed by atoms with Gasteiger partial charge < -0.3 is 10.8 Å². The Kier molecular flexibility index (Phi) is 5.06. The Morgan fingerprint density at radius 2 is 2.00 bits per heavy atom. The standard InChI is InChI=1S/C15H17ClF3NOS/c1-14(20,8-21)6-2-3-11-10-5-4-9(15(17,18)19)7-12(10)22-13(11)16/h4-5,7,21H,2-3,6,8,20H2,1H3. The van der Waals surface area contributed by atoms with Gasteiger partial charge in [0.15, 0.2) is 0 Å². The van der Waals surface area contributed by atoms with Gasteiger partial charge in [0, 0.05) is 10.2 Å². The third kappa shape index (κ3) is 3.93. The summed E-state index contributed by atoms with van der Waals surface area (Å²) in [5.41, 5.74) is 5.40. The number of nitrogens with two attached hydrogens (primary N) is 1. The van der Waals surface area contributed by atoms with Crippen LogP contribution >= 0.6 is 22.9 Å². The average Bonchev–Trinajstić information content (AvgIpc) is 2.73. The molecule has 1 aromatic heterocycles. The molecule has 0 saturated heterocycles. The van der Waals surface area contributed by atoms with Crippen molar-refractivity contribution in [3.05, 3.63) is 33.7 Å². The lowest BCUT2D eigenvalue weighted by atomic mass is 9.95. The normalized spacial score (nSPS) is 15.2. The van der Waals surface area contributed by atoms with Crippen molar-refractivity contribution in [2.45, 2.75) is 37.9 Å². The molecule has 2 aromatic rings. The van der Waals surface area contributed by atoms with Gasteiger partial charge >= 0.3 is 6.18 Å². The van der Waals surface area contributed by atoms with Crippen LogP contribution in [0.15, 0.2) is 18.2 Å². The molecule has 0 amide bonds. The van der Waals surface area contributed by atoms with Crippen LogP contribution in [0.5, 0.6) is 0 Å². The molecule has 1 atom stereocenters. The molecule has 3 N–H and O–H groups in total. The minimum Gasteiger partial charge on any atom is -0.394 e. The van der Waals surface area contributed by atoms with E-state index in [2.05, 4.69) is 0 Å². The van der Waals surface area contributed by atoms with Gasteiger partial charge in [-0.15, -0.1) is 11.3 Å².